The van der Waals surface area contributed by atoms with E-state index >= 15 is 0 Å². The number of aromatic nitrogens is 1. The van der Waals surface area contributed by atoms with Crippen molar-refractivity contribution in [1.29, 1.82) is 0 Å². The number of amides is 1. The van der Waals surface area contributed by atoms with Crippen LogP contribution in [0.1, 0.15) is 16.8 Å². The molecule has 0 aliphatic carbocycles. The summed E-state index contributed by atoms with van der Waals surface area (Å²) in [6, 6.07) is 6.83. The van der Waals surface area contributed by atoms with Crippen molar-refractivity contribution >= 4 is 11.6 Å². The van der Waals surface area contributed by atoms with Gasteiger partial charge < -0.3 is 20.1 Å². The van der Waals surface area contributed by atoms with Crippen LogP contribution in [0.4, 0.5) is 18.9 Å². The van der Waals surface area contributed by atoms with Crippen molar-refractivity contribution in [1.82, 2.24) is 10.3 Å². The van der Waals surface area contributed by atoms with Gasteiger partial charge in [-0.2, -0.15) is 0 Å². The van der Waals surface area contributed by atoms with Crippen LogP contribution < -0.4 is 20.1 Å². The highest BCUT2D eigenvalue weighted by molar-refractivity contribution is 6.05. The first-order valence-electron chi connectivity index (χ1n) is 9.92. The Balaban J connectivity index is 1.62. The van der Waals surface area contributed by atoms with Crippen molar-refractivity contribution in [3.8, 4) is 22.6 Å². The Morgan fingerprint density at radius 1 is 1.12 bits per heavy atom. The van der Waals surface area contributed by atoms with Crippen LogP contribution in [0.15, 0.2) is 48.8 Å². The van der Waals surface area contributed by atoms with Gasteiger partial charge in [0, 0.05) is 42.1 Å². The van der Waals surface area contributed by atoms with Crippen LogP contribution in [0, 0.1) is 17.5 Å². The second kappa shape index (κ2) is 9.27. The molecule has 0 bridgehead atoms. The molecule has 0 radical (unpaired) electrons. The van der Waals surface area contributed by atoms with E-state index in [2.05, 4.69) is 15.6 Å². The maximum absolute atomic E-state index is 14.5. The molecule has 0 saturated carbocycles. The van der Waals surface area contributed by atoms with Gasteiger partial charge in [-0.15, -0.1) is 0 Å². The minimum absolute atomic E-state index is 0.00774. The van der Waals surface area contributed by atoms with Gasteiger partial charge in [0.2, 0.25) is 0 Å². The lowest BCUT2D eigenvalue weighted by atomic mass is 10.0. The number of nitrogens with zero attached hydrogens (tertiary/aromatic N) is 1. The van der Waals surface area contributed by atoms with Crippen LogP contribution in [-0.4, -0.2) is 37.2 Å². The molecule has 1 fully saturated rings. The second-order valence-electron chi connectivity index (χ2n) is 7.22. The molecule has 1 atom stereocenters. The first kappa shape index (κ1) is 21.6. The van der Waals surface area contributed by atoms with Gasteiger partial charge in [0.15, 0.2) is 0 Å². The van der Waals surface area contributed by atoms with Gasteiger partial charge in [0.05, 0.1) is 18.9 Å². The zero-order chi connectivity index (χ0) is 22.7. The molecule has 166 valence electrons. The third kappa shape index (κ3) is 4.52. The van der Waals surface area contributed by atoms with Gasteiger partial charge in [0.1, 0.15) is 40.7 Å². The Labute approximate surface area is 182 Å². The normalized spacial score (nSPS) is 15.4. The fourth-order valence-electron chi connectivity index (χ4n) is 3.46. The molecule has 1 aliphatic rings. The summed E-state index contributed by atoms with van der Waals surface area (Å²) in [6.07, 6.45) is 3.77. The Kier molecular flexibility index (Phi) is 6.27. The largest absolute Gasteiger partial charge is 0.497 e. The zero-order valence-electron chi connectivity index (χ0n) is 17.1. The van der Waals surface area contributed by atoms with Gasteiger partial charge >= 0.3 is 0 Å². The number of ether oxygens (including phenoxy) is 2. The summed E-state index contributed by atoms with van der Waals surface area (Å²) in [7, 11) is 1.26. The number of methoxy groups -OCH3 is 1. The van der Waals surface area contributed by atoms with E-state index in [4.69, 9.17) is 9.47 Å². The van der Waals surface area contributed by atoms with E-state index < -0.39 is 28.9 Å². The minimum Gasteiger partial charge on any atom is -0.497 e. The molecule has 4 rings (SSSR count). The summed E-state index contributed by atoms with van der Waals surface area (Å²) in [4.78, 5) is 16.8. The van der Waals surface area contributed by atoms with E-state index in [1.165, 1.54) is 19.4 Å². The zero-order valence-corrected chi connectivity index (χ0v) is 17.1. The average Bonchev–Trinajstić information content (AvgIpc) is 3.29. The van der Waals surface area contributed by atoms with Gasteiger partial charge in [-0.3, -0.25) is 9.78 Å². The summed E-state index contributed by atoms with van der Waals surface area (Å²) < 4.78 is 54.1. The van der Waals surface area contributed by atoms with Gasteiger partial charge in [-0.25, -0.2) is 13.2 Å². The quantitative estimate of drug-likeness (QED) is 0.599. The first-order chi connectivity index (χ1) is 15.5. The molecule has 9 heteroatoms. The SMILES string of the molecule is COc1cc(F)c(-c2cc(C(=O)Nc3cnccc3O[C@@H]3CCNC3)ccc2F)c(F)c1. The lowest BCUT2D eigenvalue weighted by molar-refractivity contribution is 0.102. The van der Waals surface area contributed by atoms with E-state index in [9.17, 15) is 18.0 Å². The number of hydrogen-bond acceptors (Lipinski definition) is 5. The Morgan fingerprint density at radius 2 is 1.91 bits per heavy atom. The highest BCUT2D eigenvalue weighted by atomic mass is 19.1. The van der Waals surface area contributed by atoms with Crippen molar-refractivity contribution in [3.05, 3.63) is 71.8 Å². The molecule has 1 saturated heterocycles. The predicted molar refractivity (Wildman–Crippen MR) is 112 cm³/mol. The fraction of sp³-hybridized carbons (Fsp3) is 0.217. The average molecular weight is 443 g/mol. The van der Waals surface area contributed by atoms with Gasteiger partial charge in [-0.05, 0) is 31.2 Å². The Morgan fingerprint density at radius 3 is 2.59 bits per heavy atom. The number of anilines is 1. The molecule has 0 spiro atoms. The summed E-state index contributed by atoms with van der Waals surface area (Å²) in [5, 5.41) is 5.86. The molecule has 2 aromatic carbocycles. The van der Waals surface area contributed by atoms with Crippen molar-refractivity contribution in [2.24, 2.45) is 0 Å². The maximum atomic E-state index is 14.5. The molecule has 1 aliphatic heterocycles. The standard InChI is InChI=1S/C23H20F3N3O3/c1-31-15-9-18(25)22(19(26)10-15)16-8-13(2-3-17(16)24)23(30)29-20-12-28-7-5-21(20)32-14-4-6-27-11-14/h2-3,5,7-10,12,14,27H,4,6,11H2,1H3,(H,29,30)/t14-/m1/s1. The molecule has 1 amide bonds. The predicted octanol–water partition coefficient (Wildman–Crippen LogP) is 4.17. The Hall–Kier alpha value is -3.59. The number of carbonyl (C=O) groups excluding carboxylic acids is 1. The smallest absolute Gasteiger partial charge is 0.255 e. The molecular formula is C23H20F3N3O3. The van der Waals surface area contributed by atoms with Crippen LogP contribution in [-0.2, 0) is 0 Å². The Bertz CT molecular complexity index is 1130. The van der Waals surface area contributed by atoms with Crippen molar-refractivity contribution in [2.45, 2.75) is 12.5 Å². The number of carbonyl (C=O) groups is 1. The van der Waals surface area contributed by atoms with Gasteiger partial charge in [0.25, 0.3) is 5.91 Å². The van der Waals surface area contributed by atoms with Crippen LogP contribution in [0.3, 0.4) is 0 Å². The van der Waals surface area contributed by atoms with E-state index in [1.54, 1.807) is 12.3 Å². The number of pyridine rings is 1. The van der Waals surface area contributed by atoms with E-state index in [-0.39, 0.29) is 23.0 Å². The summed E-state index contributed by atoms with van der Waals surface area (Å²) in [6.45, 7) is 1.53. The number of hydrogen-bond donors (Lipinski definition) is 2. The molecule has 6 nitrogen and oxygen atoms in total. The number of rotatable bonds is 6. The summed E-state index contributed by atoms with van der Waals surface area (Å²) in [5.41, 5.74) is -0.627. The van der Waals surface area contributed by atoms with Crippen LogP contribution in [0.25, 0.3) is 11.1 Å². The molecule has 3 aromatic rings. The topological polar surface area (TPSA) is 72.5 Å². The van der Waals surface area contributed by atoms with Crippen molar-refractivity contribution < 1.29 is 27.4 Å². The minimum atomic E-state index is -1.01. The van der Waals surface area contributed by atoms with Crippen molar-refractivity contribution in [2.75, 3.05) is 25.5 Å². The number of nitrogens with one attached hydrogen (secondary N) is 2. The highest BCUT2D eigenvalue weighted by Gasteiger charge is 2.21. The summed E-state index contributed by atoms with van der Waals surface area (Å²) >= 11 is 0. The monoisotopic (exact) mass is 443 g/mol. The van der Waals surface area contributed by atoms with Crippen LogP contribution in [0.2, 0.25) is 0 Å². The van der Waals surface area contributed by atoms with E-state index in [1.807, 2.05) is 0 Å². The third-order valence-electron chi connectivity index (χ3n) is 5.09. The fourth-order valence-corrected chi connectivity index (χ4v) is 3.46. The van der Waals surface area contributed by atoms with Crippen molar-refractivity contribution in [3.63, 3.8) is 0 Å². The molecule has 1 aromatic heterocycles. The molecule has 2 heterocycles. The lowest BCUT2D eigenvalue weighted by Crippen LogP contribution is -2.21. The molecule has 2 N–H and O–H groups in total. The maximum Gasteiger partial charge on any atom is 0.255 e. The number of halogens is 3. The van der Waals surface area contributed by atoms with Crippen LogP contribution in [0.5, 0.6) is 11.5 Å². The summed E-state index contributed by atoms with van der Waals surface area (Å²) in [5.74, 6) is -3.10. The second-order valence-corrected chi connectivity index (χ2v) is 7.22. The highest BCUT2D eigenvalue weighted by Crippen LogP contribution is 2.33. The van der Waals surface area contributed by atoms with E-state index in [0.29, 0.717) is 18.0 Å². The third-order valence-corrected chi connectivity index (χ3v) is 5.09. The molecular weight excluding hydrogens is 423 g/mol. The molecule has 0 unspecified atom stereocenters. The first-order valence-corrected chi connectivity index (χ1v) is 9.92. The molecule has 32 heavy (non-hydrogen) atoms. The van der Waals surface area contributed by atoms with Crippen LogP contribution >= 0.6 is 0 Å². The lowest BCUT2D eigenvalue weighted by Gasteiger charge is -2.16. The number of benzene rings is 2. The van der Waals surface area contributed by atoms with E-state index in [0.717, 1.165) is 37.2 Å². The van der Waals surface area contributed by atoms with Gasteiger partial charge in [-0.1, -0.05) is 0 Å².